The van der Waals surface area contributed by atoms with E-state index < -0.39 is 24.2 Å². The standard InChI is InChI=1S/C40H51FN12O4/c1-42-31-18-29(47-53-35(20-43-37(31)53)39(56)45-30-17-28(30)41)24-19-44-51(22-24)26-6-4-23(5-7-26)21-48(2)25-12-14-50(15-13-25)27-8-9-32-34(16-27)49(3)40(57)52(32)33-10-11-36(54)46-38(33)55/h8-9,16,18-20,22-23,25-26,28,30,33,37,43,47H,4-7,10-15,17,21H2,1-3H3,(H,45,56)(H,46,54,55)/t23?,26?,28-,30+,33?,37?/m0/s1. The van der Waals surface area contributed by atoms with E-state index in [1.54, 1.807) is 29.9 Å². The number of aryl methyl sites for hydroxylation is 1. The van der Waals surface area contributed by atoms with Crippen LogP contribution in [0.15, 0.2) is 58.4 Å². The van der Waals surface area contributed by atoms with Gasteiger partial charge in [0.15, 0.2) is 6.17 Å². The molecular formula is C40H51FN12O4. The van der Waals surface area contributed by atoms with Crippen LogP contribution in [0.3, 0.4) is 0 Å². The summed E-state index contributed by atoms with van der Waals surface area (Å²) in [7, 11) is 5.73. The monoisotopic (exact) mass is 782 g/mol. The highest BCUT2D eigenvalue weighted by atomic mass is 19.1. The number of hydrogen-bond donors (Lipinski definition) is 4. The fourth-order valence-corrected chi connectivity index (χ4v) is 9.41. The van der Waals surface area contributed by atoms with E-state index in [-0.39, 0.29) is 30.1 Å². The number of hydrogen-bond acceptors (Lipinski definition) is 11. The van der Waals surface area contributed by atoms with Gasteiger partial charge in [0.2, 0.25) is 11.8 Å². The van der Waals surface area contributed by atoms with E-state index in [2.05, 4.69) is 60.2 Å². The predicted molar refractivity (Wildman–Crippen MR) is 212 cm³/mol. The number of imide groups is 1. The number of carbonyl (C=O) groups excluding carboxylic acids is 3. The third-order valence-corrected chi connectivity index (χ3v) is 12.9. The number of amides is 3. The fourth-order valence-electron chi connectivity index (χ4n) is 9.41. The molecule has 6 aliphatic rings. The normalized spacial score (nSPS) is 28.5. The zero-order valence-electron chi connectivity index (χ0n) is 32.7. The van der Waals surface area contributed by atoms with Gasteiger partial charge in [0.1, 0.15) is 17.9 Å². The van der Waals surface area contributed by atoms with Crippen LogP contribution < -0.4 is 32.0 Å². The number of aliphatic imine (C=N–C) groups is 1. The van der Waals surface area contributed by atoms with Gasteiger partial charge < -0.3 is 20.4 Å². The molecule has 2 aliphatic carbocycles. The van der Waals surface area contributed by atoms with Crippen molar-refractivity contribution in [2.75, 3.05) is 38.6 Å². The molecule has 4 fully saturated rings. The Bertz CT molecular complexity index is 2240. The van der Waals surface area contributed by atoms with Crippen LogP contribution in [0.5, 0.6) is 0 Å². The van der Waals surface area contributed by atoms with Gasteiger partial charge in [0.25, 0.3) is 5.91 Å². The van der Waals surface area contributed by atoms with Crippen LogP contribution in [-0.4, -0.2) is 110 Å². The summed E-state index contributed by atoms with van der Waals surface area (Å²) < 4.78 is 18.7. The molecule has 57 heavy (non-hydrogen) atoms. The number of benzene rings is 1. The lowest BCUT2D eigenvalue weighted by molar-refractivity contribution is -0.135. The number of carbonyl (C=O) groups is 3. The second kappa shape index (κ2) is 14.8. The third kappa shape index (κ3) is 6.99. The molecule has 0 radical (unpaired) electrons. The van der Waals surface area contributed by atoms with Gasteiger partial charge >= 0.3 is 5.69 Å². The molecule has 2 saturated heterocycles. The highest BCUT2D eigenvalue weighted by Crippen LogP contribution is 2.35. The summed E-state index contributed by atoms with van der Waals surface area (Å²) in [4.78, 5) is 59.9. The van der Waals surface area contributed by atoms with E-state index in [1.165, 1.54) is 4.57 Å². The van der Waals surface area contributed by atoms with Gasteiger partial charge in [-0.15, -0.1) is 0 Å². The molecule has 3 aromatic rings. The Hall–Kier alpha value is -5.45. The fraction of sp³-hybridized carbons (Fsp3) is 0.550. The summed E-state index contributed by atoms with van der Waals surface area (Å²) in [5, 5.41) is 14.9. The molecule has 4 atom stereocenters. The number of halogens is 1. The van der Waals surface area contributed by atoms with Gasteiger partial charge in [0, 0.05) is 76.3 Å². The average molecular weight is 783 g/mol. The molecule has 0 bridgehead atoms. The van der Waals surface area contributed by atoms with Gasteiger partial charge in [-0.1, -0.05) is 0 Å². The van der Waals surface area contributed by atoms with Crippen molar-refractivity contribution in [2.45, 2.75) is 94.3 Å². The minimum Gasteiger partial charge on any atom is -0.371 e. The summed E-state index contributed by atoms with van der Waals surface area (Å²) in [5.41, 5.74) is 8.56. The SMILES string of the molecule is CN=C1C=C(c2cnn(C3CCC(CN(C)C4CCN(c5ccc6c(c5)n(C)c(=O)n6C5CCC(=O)NC5=O)CC4)CC3)c2)NN2C(C(=O)N[C@@H]3C[C@@H]3F)=CNC12. The van der Waals surface area contributed by atoms with Crippen molar-refractivity contribution in [3.05, 3.63) is 64.6 Å². The van der Waals surface area contributed by atoms with Gasteiger partial charge in [0.05, 0.1) is 40.7 Å². The zero-order chi connectivity index (χ0) is 39.5. The lowest BCUT2D eigenvalue weighted by Gasteiger charge is -2.40. The van der Waals surface area contributed by atoms with Gasteiger partial charge in [-0.25, -0.2) is 9.18 Å². The first kappa shape index (κ1) is 37.1. The molecule has 9 rings (SSSR count). The Morgan fingerprint density at radius 2 is 1.84 bits per heavy atom. The number of nitrogens with one attached hydrogen (secondary N) is 4. The minimum atomic E-state index is -0.977. The molecule has 6 heterocycles. The minimum absolute atomic E-state index is 0.218. The number of piperidine rings is 2. The highest BCUT2D eigenvalue weighted by Gasteiger charge is 2.42. The van der Waals surface area contributed by atoms with Crippen molar-refractivity contribution < 1.29 is 18.8 Å². The Balaban J connectivity index is 0.767. The topological polar surface area (TPSA) is 166 Å². The van der Waals surface area contributed by atoms with Crippen molar-refractivity contribution in [1.82, 2.24) is 50.2 Å². The second-order valence-electron chi connectivity index (χ2n) is 16.5. The van der Waals surface area contributed by atoms with E-state index in [1.807, 2.05) is 24.4 Å². The molecule has 0 spiro atoms. The van der Waals surface area contributed by atoms with Crippen LogP contribution in [0.2, 0.25) is 0 Å². The number of alkyl halides is 1. The lowest BCUT2D eigenvalue weighted by atomic mass is 9.85. The molecule has 4 N–H and O–H groups in total. The van der Waals surface area contributed by atoms with Crippen LogP contribution in [0, 0.1) is 5.92 Å². The molecule has 4 aliphatic heterocycles. The van der Waals surface area contributed by atoms with Crippen molar-refractivity contribution >= 4 is 45.9 Å². The lowest BCUT2D eigenvalue weighted by Crippen LogP contribution is -2.54. The summed E-state index contributed by atoms with van der Waals surface area (Å²) in [6, 6.07) is 5.74. The molecule has 2 aromatic heterocycles. The number of imidazole rings is 1. The maximum atomic E-state index is 13.5. The quantitative estimate of drug-likeness (QED) is 0.236. The molecule has 17 heteroatoms. The predicted octanol–water partition coefficient (Wildman–Crippen LogP) is 2.08. The molecule has 1 aromatic carbocycles. The van der Waals surface area contributed by atoms with Gasteiger partial charge in [-0.2, -0.15) is 5.10 Å². The molecule has 16 nitrogen and oxygen atoms in total. The Morgan fingerprint density at radius 3 is 2.56 bits per heavy atom. The van der Waals surface area contributed by atoms with Crippen molar-refractivity contribution in [2.24, 2.45) is 18.0 Å². The maximum Gasteiger partial charge on any atom is 0.329 e. The molecule has 3 amide bonds. The van der Waals surface area contributed by atoms with Crippen LogP contribution >= 0.6 is 0 Å². The summed E-state index contributed by atoms with van der Waals surface area (Å²) >= 11 is 0. The Kier molecular flexibility index (Phi) is 9.65. The molecular weight excluding hydrogens is 732 g/mol. The number of rotatable bonds is 9. The number of fused-ring (bicyclic) bond motifs is 2. The Morgan fingerprint density at radius 1 is 1.07 bits per heavy atom. The molecule has 302 valence electrons. The Labute approximate surface area is 329 Å². The first-order valence-electron chi connectivity index (χ1n) is 20.3. The van der Waals surface area contributed by atoms with Crippen LogP contribution in [0.4, 0.5) is 10.1 Å². The summed E-state index contributed by atoms with van der Waals surface area (Å²) in [6.07, 6.45) is 13.6. The zero-order valence-corrected chi connectivity index (χ0v) is 32.7. The van der Waals surface area contributed by atoms with Gasteiger partial charge in [-0.05, 0) is 82.2 Å². The third-order valence-electron chi connectivity index (χ3n) is 12.9. The number of nitrogens with zero attached hydrogens (tertiary/aromatic N) is 8. The van der Waals surface area contributed by atoms with E-state index >= 15 is 0 Å². The average Bonchev–Trinajstić information content (AvgIpc) is 3.54. The molecule has 2 unspecified atom stereocenters. The first-order valence-corrected chi connectivity index (χ1v) is 20.3. The van der Waals surface area contributed by atoms with E-state index in [0.717, 1.165) is 86.3 Å². The summed E-state index contributed by atoms with van der Waals surface area (Å²) in [6.45, 7) is 2.92. The smallest absolute Gasteiger partial charge is 0.329 e. The largest absolute Gasteiger partial charge is 0.371 e. The van der Waals surface area contributed by atoms with Gasteiger partial charge in [-0.3, -0.25) is 48.9 Å². The highest BCUT2D eigenvalue weighted by molar-refractivity contribution is 6.07. The first-order chi connectivity index (χ1) is 27.6. The van der Waals surface area contributed by atoms with E-state index in [0.29, 0.717) is 42.1 Å². The van der Waals surface area contributed by atoms with Crippen molar-refractivity contribution in [1.29, 1.82) is 0 Å². The molecule has 2 saturated carbocycles. The van der Waals surface area contributed by atoms with Crippen molar-refractivity contribution in [3.8, 4) is 0 Å². The van der Waals surface area contributed by atoms with E-state index in [4.69, 9.17) is 5.10 Å². The van der Waals surface area contributed by atoms with Crippen LogP contribution in [0.25, 0.3) is 16.7 Å². The second-order valence-corrected chi connectivity index (χ2v) is 16.5. The maximum absolute atomic E-state index is 13.5. The van der Waals surface area contributed by atoms with Crippen molar-refractivity contribution in [3.63, 3.8) is 0 Å². The van der Waals surface area contributed by atoms with E-state index in [9.17, 15) is 23.6 Å². The van der Waals surface area contributed by atoms with Crippen LogP contribution in [-0.2, 0) is 21.4 Å². The number of aromatic nitrogens is 4. The number of hydrazine groups is 1. The number of anilines is 1. The summed E-state index contributed by atoms with van der Waals surface area (Å²) in [5.74, 6) is -0.420. The van der Waals surface area contributed by atoms with Crippen LogP contribution in [0.1, 0.15) is 75.4 Å².